The highest BCUT2D eigenvalue weighted by atomic mass is 19.1. The monoisotopic (exact) mass is 338 g/mol. The van der Waals surface area contributed by atoms with Crippen LogP contribution >= 0.6 is 0 Å². The van der Waals surface area contributed by atoms with Crippen LogP contribution in [0.2, 0.25) is 0 Å². The Labute approximate surface area is 141 Å². The first-order chi connectivity index (χ1) is 11.6. The van der Waals surface area contributed by atoms with Crippen molar-refractivity contribution in [3.05, 3.63) is 35.4 Å². The second kappa shape index (κ2) is 7.15. The summed E-state index contributed by atoms with van der Waals surface area (Å²) in [6.45, 7) is 3.33. The molecule has 132 valence electrons. The fourth-order valence-electron chi connectivity index (χ4n) is 4.07. The van der Waals surface area contributed by atoms with E-state index in [0.717, 1.165) is 18.9 Å². The summed E-state index contributed by atoms with van der Waals surface area (Å²) in [6, 6.07) is 3.56. The van der Waals surface area contributed by atoms with E-state index in [1.165, 1.54) is 12.1 Å². The molecule has 0 spiro atoms. The third kappa shape index (κ3) is 3.17. The van der Waals surface area contributed by atoms with E-state index in [1.54, 1.807) is 0 Å². The highest BCUT2D eigenvalue weighted by molar-refractivity contribution is 5.89. The van der Waals surface area contributed by atoms with Gasteiger partial charge in [-0.05, 0) is 18.9 Å². The topological polar surface area (TPSA) is 43.8 Å². The molecule has 1 heterocycles. The maximum absolute atomic E-state index is 14.4. The van der Waals surface area contributed by atoms with E-state index in [2.05, 4.69) is 4.90 Å². The van der Waals surface area contributed by atoms with Crippen molar-refractivity contribution in [3.63, 3.8) is 0 Å². The Morgan fingerprint density at radius 1 is 1.12 bits per heavy atom. The van der Waals surface area contributed by atoms with Crippen LogP contribution < -0.4 is 0 Å². The summed E-state index contributed by atoms with van der Waals surface area (Å²) in [4.78, 5) is 17.1. The molecule has 0 unspecified atom stereocenters. The van der Waals surface area contributed by atoms with Gasteiger partial charge in [-0.2, -0.15) is 0 Å². The summed E-state index contributed by atoms with van der Waals surface area (Å²) < 4.78 is 27.7. The van der Waals surface area contributed by atoms with Gasteiger partial charge in [0.05, 0.1) is 12.0 Å². The second-order valence-electron chi connectivity index (χ2n) is 6.77. The summed E-state index contributed by atoms with van der Waals surface area (Å²) in [5.74, 6) is -1.27. The summed E-state index contributed by atoms with van der Waals surface area (Å²) in [6.07, 6.45) is 3.00. The molecule has 1 aliphatic heterocycles. The Balaban J connectivity index is 1.82. The van der Waals surface area contributed by atoms with E-state index in [4.69, 9.17) is 5.11 Å². The number of nitrogens with zero attached hydrogens (tertiary/aromatic N) is 2. The third-order valence-electron chi connectivity index (χ3n) is 5.39. The number of β-amino-alcohol motifs (C(OH)–C–C–N with tert-alkyl or cyclic N) is 1. The van der Waals surface area contributed by atoms with Gasteiger partial charge in [-0.1, -0.05) is 18.9 Å². The number of aliphatic hydroxyl groups is 1. The van der Waals surface area contributed by atoms with Gasteiger partial charge in [-0.25, -0.2) is 8.78 Å². The molecular formula is C18H24F2N2O2. The van der Waals surface area contributed by atoms with Crippen LogP contribution in [0.15, 0.2) is 18.2 Å². The average Bonchev–Trinajstić information content (AvgIpc) is 3.06. The number of hydrogen-bond donors (Lipinski definition) is 1. The van der Waals surface area contributed by atoms with Gasteiger partial charge in [0, 0.05) is 44.4 Å². The Morgan fingerprint density at radius 2 is 1.79 bits per heavy atom. The molecule has 0 radical (unpaired) electrons. The highest BCUT2D eigenvalue weighted by Gasteiger charge is 2.46. The van der Waals surface area contributed by atoms with Gasteiger partial charge in [0.1, 0.15) is 11.6 Å². The zero-order valence-electron chi connectivity index (χ0n) is 13.8. The van der Waals surface area contributed by atoms with Crippen LogP contribution in [-0.2, 0) is 10.2 Å². The molecule has 6 heteroatoms. The highest BCUT2D eigenvalue weighted by Crippen LogP contribution is 2.43. The maximum atomic E-state index is 14.4. The predicted octanol–water partition coefficient (Wildman–Crippen LogP) is 1.91. The van der Waals surface area contributed by atoms with Crippen LogP contribution in [0, 0.1) is 11.6 Å². The molecule has 1 saturated heterocycles. The van der Waals surface area contributed by atoms with Gasteiger partial charge in [0.25, 0.3) is 0 Å². The number of aliphatic hydroxyl groups excluding tert-OH is 1. The molecule has 24 heavy (non-hydrogen) atoms. The smallest absolute Gasteiger partial charge is 0.233 e. The first-order valence-corrected chi connectivity index (χ1v) is 8.65. The average molecular weight is 338 g/mol. The minimum Gasteiger partial charge on any atom is -0.395 e. The largest absolute Gasteiger partial charge is 0.395 e. The van der Waals surface area contributed by atoms with Gasteiger partial charge in [0.15, 0.2) is 0 Å². The molecule has 1 amide bonds. The second-order valence-corrected chi connectivity index (χ2v) is 6.77. The molecular weight excluding hydrogens is 314 g/mol. The lowest BCUT2D eigenvalue weighted by Crippen LogP contribution is -2.54. The number of amides is 1. The van der Waals surface area contributed by atoms with Crippen molar-refractivity contribution in [1.29, 1.82) is 0 Å². The summed E-state index contributed by atoms with van der Waals surface area (Å²) in [5.41, 5.74) is -0.513. The summed E-state index contributed by atoms with van der Waals surface area (Å²) in [5, 5.41) is 9.01. The first kappa shape index (κ1) is 17.3. The first-order valence-electron chi connectivity index (χ1n) is 8.65. The van der Waals surface area contributed by atoms with Crippen molar-refractivity contribution in [2.24, 2.45) is 0 Å². The van der Waals surface area contributed by atoms with E-state index < -0.39 is 17.0 Å². The molecule has 2 aliphatic rings. The number of carbonyl (C=O) groups is 1. The lowest BCUT2D eigenvalue weighted by atomic mass is 9.77. The van der Waals surface area contributed by atoms with Crippen LogP contribution in [0.5, 0.6) is 0 Å². The maximum Gasteiger partial charge on any atom is 0.233 e. The van der Waals surface area contributed by atoms with Crippen LogP contribution in [0.1, 0.15) is 31.2 Å². The molecule has 3 rings (SSSR count). The van der Waals surface area contributed by atoms with Gasteiger partial charge in [0.2, 0.25) is 5.91 Å². The number of piperazine rings is 1. The lowest BCUT2D eigenvalue weighted by Gasteiger charge is -2.40. The van der Waals surface area contributed by atoms with E-state index >= 15 is 0 Å². The van der Waals surface area contributed by atoms with Crippen molar-refractivity contribution < 1.29 is 18.7 Å². The Hall–Kier alpha value is -1.53. The van der Waals surface area contributed by atoms with Crippen molar-refractivity contribution >= 4 is 5.91 Å². The van der Waals surface area contributed by atoms with Crippen LogP contribution in [0.3, 0.4) is 0 Å². The summed E-state index contributed by atoms with van der Waals surface area (Å²) in [7, 11) is 0. The van der Waals surface area contributed by atoms with E-state index in [-0.39, 0.29) is 12.5 Å². The fourth-order valence-corrected chi connectivity index (χ4v) is 4.07. The molecule has 4 nitrogen and oxygen atoms in total. The van der Waals surface area contributed by atoms with Gasteiger partial charge in [-0.3, -0.25) is 9.69 Å². The minimum absolute atomic E-state index is 0.0332. The van der Waals surface area contributed by atoms with Crippen molar-refractivity contribution in [2.75, 3.05) is 39.3 Å². The zero-order chi connectivity index (χ0) is 17.2. The van der Waals surface area contributed by atoms with E-state index in [0.29, 0.717) is 51.1 Å². The normalized spacial score (nSPS) is 21.2. The van der Waals surface area contributed by atoms with Crippen molar-refractivity contribution in [1.82, 2.24) is 9.80 Å². The van der Waals surface area contributed by atoms with Crippen LogP contribution in [-0.4, -0.2) is 60.1 Å². The van der Waals surface area contributed by atoms with Gasteiger partial charge < -0.3 is 10.0 Å². The Bertz CT molecular complexity index is 595. The molecule has 2 fully saturated rings. The van der Waals surface area contributed by atoms with E-state index in [1.807, 2.05) is 4.90 Å². The molecule has 0 bridgehead atoms. The zero-order valence-corrected chi connectivity index (χ0v) is 13.8. The number of hydrogen-bond acceptors (Lipinski definition) is 3. The molecule has 1 saturated carbocycles. The number of carbonyl (C=O) groups excluding carboxylic acids is 1. The molecule has 0 atom stereocenters. The lowest BCUT2D eigenvalue weighted by molar-refractivity contribution is -0.139. The third-order valence-corrected chi connectivity index (χ3v) is 5.39. The molecule has 1 N–H and O–H groups in total. The van der Waals surface area contributed by atoms with E-state index in [9.17, 15) is 13.6 Å². The molecule has 0 aromatic heterocycles. The number of rotatable bonds is 4. The Morgan fingerprint density at radius 3 is 2.38 bits per heavy atom. The summed E-state index contributed by atoms with van der Waals surface area (Å²) >= 11 is 0. The van der Waals surface area contributed by atoms with Gasteiger partial charge in [-0.15, -0.1) is 0 Å². The standard InChI is InChI=1S/C18H24F2N2O2/c19-14-3-4-15(16(20)13-14)18(5-1-2-6-18)17(24)22-9-7-21(8-10-22)11-12-23/h3-4,13,23H,1-2,5-12H2. The minimum atomic E-state index is -0.850. The molecule has 1 aromatic rings. The SMILES string of the molecule is O=C(N1CCN(CCO)CC1)C1(c2ccc(F)cc2F)CCCC1. The van der Waals surface area contributed by atoms with Crippen LogP contribution in [0.4, 0.5) is 8.78 Å². The molecule has 1 aromatic carbocycles. The Kier molecular flexibility index (Phi) is 5.15. The van der Waals surface area contributed by atoms with Gasteiger partial charge >= 0.3 is 0 Å². The van der Waals surface area contributed by atoms with Crippen molar-refractivity contribution in [3.8, 4) is 0 Å². The fraction of sp³-hybridized carbons (Fsp3) is 0.611. The van der Waals surface area contributed by atoms with Crippen LogP contribution in [0.25, 0.3) is 0 Å². The number of benzene rings is 1. The van der Waals surface area contributed by atoms with Crippen molar-refractivity contribution in [2.45, 2.75) is 31.1 Å². The number of halogens is 2. The molecule has 1 aliphatic carbocycles. The quantitative estimate of drug-likeness (QED) is 0.912. The predicted molar refractivity (Wildman–Crippen MR) is 86.6 cm³/mol.